The molecule has 24 heavy (non-hydrogen) atoms. The van der Waals surface area contributed by atoms with Gasteiger partial charge in [0.15, 0.2) is 0 Å². The number of hydrogen-bond acceptors (Lipinski definition) is 3. The number of aryl methyl sites for hydroxylation is 1. The van der Waals surface area contributed by atoms with Crippen LogP contribution < -0.4 is 4.74 Å². The molecule has 1 aromatic heterocycles. The van der Waals surface area contributed by atoms with Gasteiger partial charge in [-0.3, -0.25) is 9.48 Å². The van der Waals surface area contributed by atoms with Crippen molar-refractivity contribution in [2.45, 2.75) is 31.2 Å². The Labute approximate surface area is 142 Å². The van der Waals surface area contributed by atoms with Gasteiger partial charge in [0.2, 0.25) is 5.91 Å². The van der Waals surface area contributed by atoms with E-state index in [2.05, 4.69) is 22.1 Å². The summed E-state index contributed by atoms with van der Waals surface area (Å²) >= 11 is 0. The van der Waals surface area contributed by atoms with Crippen LogP contribution in [0.4, 0.5) is 0 Å². The molecule has 0 N–H and O–H groups in total. The second-order valence-corrected chi connectivity index (χ2v) is 6.86. The first-order valence-corrected chi connectivity index (χ1v) is 8.60. The first-order valence-electron chi connectivity index (χ1n) is 8.60. The average molecular weight is 325 g/mol. The number of hydrogen-bond donors (Lipinski definition) is 0. The fourth-order valence-electron chi connectivity index (χ4n) is 3.91. The second kappa shape index (κ2) is 5.96. The lowest BCUT2D eigenvalue weighted by molar-refractivity contribution is -0.133. The van der Waals surface area contributed by atoms with Gasteiger partial charge in [-0.05, 0) is 48.4 Å². The molecule has 1 aliphatic carbocycles. The molecule has 0 unspecified atom stereocenters. The molecule has 1 saturated carbocycles. The first kappa shape index (κ1) is 15.2. The summed E-state index contributed by atoms with van der Waals surface area (Å²) in [6.45, 7) is 0.858. The summed E-state index contributed by atoms with van der Waals surface area (Å²) in [5, 5.41) is 4.23. The van der Waals surface area contributed by atoms with E-state index in [1.54, 1.807) is 7.11 Å². The predicted molar refractivity (Wildman–Crippen MR) is 90.7 cm³/mol. The fraction of sp³-hybridized carbons (Fsp3) is 0.474. The molecule has 4 rings (SSSR count). The van der Waals surface area contributed by atoms with Crippen molar-refractivity contribution >= 4 is 5.91 Å². The van der Waals surface area contributed by atoms with Crippen molar-refractivity contribution in [2.75, 3.05) is 13.7 Å². The fourth-order valence-corrected chi connectivity index (χ4v) is 3.91. The largest absolute Gasteiger partial charge is 0.497 e. The topological polar surface area (TPSA) is 47.4 Å². The summed E-state index contributed by atoms with van der Waals surface area (Å²) in [4.78, 5) is 15.1. The van der Waals surface area contributed by atoms with E-state index in [1.807, 2.05) is 36.3 Å². The molecule has 3 atom stereocenters. The highest BCUT2D eigenvalue weighted by molar-refractivity contribution is 5.83. The van der Waals surface area contributed by atoms with Crippen LogP contribution in [0.25, 0.3) is 0 Å². The molecule has 0 bridgehead atoms. The van der Waals surface area contributed by atoms with Gasteiger partial charge >= 0.3 is 0 Å². The maximum absolute atomic E-state index is 13.0. The van der Waals surface area contributed by atoms with Gasteiger partial charge in [-0.2, -0.15) is 5.10 Å². The monoisotopic (exact) mass is 325 g/mol. The van der Waals surface area contributed by atoms with Crippen LogP contribution in [0.5, 0.6) is 5.75 Å². The highest BCUT2D eigenvalue weighted by Gasteiger charge is 2.48. The quantitative estimate of drug-likeness (QED) is 0.868. The molecule has 2 aromatic rings. The van der Waals surface area contributed by atoms with Gasteiger partial charge < -0.3 is 9.64 Å². The van der Waals surface area contributed by atoms with Crippen molar-refractivity contribution < 1.29 is 9.53 Å². The Bertz CT molecular complexity index is 755. The highest BCUT2D eigenvalue weighted by atomic mass is 16.5. The van der Waals surface area contributed by atoms with Crippen molar-refractivity contribution in [3.63, 3.8) is 0 Å². The number of nitrogens with zero attached hydrogens (tertiary/aromatic N) is 3. The standard InChI is InChI=1S/C19H23N3O2/c1-21-12-14(11-20-21)16-10-17(16)19(23)22-8-4-7-18(22)13-5-3-6-15(9-13)24-2/h3,5-6,9,11-12,16-18H,4,7-8,10H2,1-2H3/t16-,17-,18+/m1/s1. The summed E-state index contributed by atoms with van der Waals surface area (Å²) in [6.07, 6.45) is 6.97. The number of methoxy groups -OCH3 is 1. The van der Waals surface area contributed by atoms with Gasteiger partial charge in [-0.15, -0.1) is 0 Å². The van der Waals surface area contributed by atoms with E-state index in [1.165, 1.54) is 11.1 Å². The van der Waals surface area contributed by atoms with E-state index in [0.717, 1.165) is 31.6 Å². The van der Waals surface area contributed by atoms with Crippen molar-refractivity contribution in [2.24, 2.45) is 13.0 Å². The molecule has 1 amide bonds. The lowest BCUT2D eigenvalue weighted by Crippen LogP contribution is -2.32. The first-order chi connectivity index (χ1) is 11.7. The third-order valence-electron chi connectivity index (χ3n) is 5.28. The zero-order chi connectivity index (χ0) is 16.7. The van der Waals surface area contributed by atoms with Gasteiger partial charge in [0.1, 0.15) is 5.75 Å². The molecule has 2 fully saturated rings. The number of rotatable bonds is 4. The van der Waals surface area contributed by atoms with Crippen molar-refractivity contribution in [3.05, 3.63) is 47.8 Å². The van der Waals surface area contributed by atoms with Crippen LogP contribution in [0, 0.1) is 5.92 Å². The summed E-state index contributed by atoms with van der Waals surface area (Å²) in [5.74, 6) is 1.62. The minimum absolute atomic E-state index is 0.125. The van der Waals surface area contributed by atoms with E-state index in [4.69, 9.17) is 4.74 Å². The minimum atomic E-state index is 0.125. The van der Waals surface area contributed by atoms with Gasteiger partial charge in [0.05, 0.1) is 19.3 Å². The Morgan fingerprint density at radius 3 is 2.96 bits per heavy atom. The van der Waals surface area contributed by atoms with Crippen molar-refractivity contribution in [3.8, 4) is 5.75 Å². The molecule has 1 aromatic carbocycles. The van der Waals surface area contributed by atoms with Crippen molar-refractivity contribution in [1.82, 2.24) is 14.7 Å². The number of ether oxygens (including phenoxy) is 1. The lowest BCUT2D eigenvalue weighted by atomic mass is 10.0. The third kappa shape index (κ3) is 2.68. The Hall–Kier alpha value is -2.30. The van der Waals surface area contributed by atoms with Crippen LogP contribution in [0.3, 0.4) is 0 Å². The van der Waals surface area contributed by atoms with E-state index in [9.17, 15) is 4.79 Å². The molecule has 0 radical (unpaired) electrons. The van der Waals surface area contributed by atoms with E-state index < -0.39 is 0 Å². The molecule has 126 valence electrons. The Balaban J connectivity index is 1.50. The Morgan fingerprint density at radius 1 is 1.33 bits per heavy atom. The summed E-state index contributed by atoms with van der Waals surface area (Å²) in [7, 11) is 3.60. The number of carbonyl (C=O) groups excluding carboxylic acids is 1. The van der Waals surface area contributed by atoms with Crippen LogP contribution in [-0.4, -0.2) is 34.2 Å². The number of aromatic nitrogens is 2. The number of carbonyl (C=O) groups is 1. The molecular formula is C19H23N3O2. The molecule has 5 heteroatoms. The minimum Gasteiger partial charge on any atom is -0.497 e. The third-order valence-corrected chi connectivity index (χ3v) is 5.28. The number of benzene rings is 1. The van der Waals surface area contributed by atoms with E-state index in [0.29, 0.717) is 11.8 Å². The second-order valence-electron chi connectivity index (χ2n) is 6.86. The van der Waals surface area contributed by atoms with E-state index >= 15 is 0 Å². The molecule has 5 nitrogen and oxygen atoms in total. The zero-order valence-corrected chi connectivity index (χ0v) is 14.2. The number of amides is 1. The summed E-state index contributed by atoms with van der Waals surface area (Å²) in [5.41, 5.74) is 2.37. The zero-order valence-electron chi connectivity index (χ0n) is 14.2. The molecule has 0 spiro atoms. The van der Waals surface area contributed by atoms with Crippen LogP contribution in [0.15, 0.2) is 36.7 Å². The van der Waals surface area contributed by atoms with Gasteiger partial charge in [0.25, 0.3) is 0 Å². The predicted octanol–water partition coefficient (Wildman–Crippen LogP) is 2.90. The van der Waals surface area contributed by atoms with E-state index in [-0.39, 0.29) is 12.0 Å². The van der Waals surface area contributed by atoms with Crippen LogP contribution in [0.2, 0.25) is 0 Å². The summed E-state index contributed by atoms with van der Waals surface area (Å²) in [6, 6.07) is 8.29. The maximum atomic E-state index is 13.0. The van der Waals surface area contributed by atoms with Crippen LogP contribution in [0.1, 0.15) is 42.3 Å². The van der Waals surface area contributed by atoms with Gasteiger partial charge in [-0.25, -0.2) is 0 Å². The lowest BCUT2D eigenvalue weighted by Gasteiger charge is -2.25. The Kier molecular flexibility index (Phi) is 3.79. The highest BCUT2D eigenvalue weighted by Crippen LogP contribution is 2.50. The molecule has 2 heterocycles. The van der Waals surface area contributed by atoms with Gasteiger partial charge in [-0.1, -0.05) is 12.1 Å². The normalized spacial score (nSPS) is 25.8. The molecule has 1 saturated heterocycles. The van der Waals surface area contributed by atoms with Crippen LogP contribution >= 0.6 is 0 Å². The van der Waals surface area contributed by atoms with Crippen LogP contribution in [-0.2, 0) is 11.8 Å². The Morgan fingerprint density at radius 2 is 2.21 bits per heavy atom. The smallest absolute Gasteiger partial charge is 0.226 e. The average Bonchev–Trinajstić information content (AvgIpc) is 3.03. The molecule has 1 aliphatic heterocycles. The SMILES string of the molecule is COc1cccc([C@@H]2CCCN2C(=O)[C@@H]2C[C@@H]2c2cnn(C)c2)c1. The maximum Gasteiger partial charge on any atom is 0.226 e. The molecule has 2 aliphatic rings. The summed E-state index contributed by atoms with van der Waals surface area (Å²) < 4.78 is 7.14. The molecular weight excluding hydrogens is 302 g/mol. The van der Waals surface area contributed by atoms with Gasteiger partial charge in [0, 0.05) is 25.7 Å². The van der Waals surface area contributed by atoms with Crippen molar-refractivity contribution in [1.29, 1.82) is 0 Å². The number of likely N-dealkylation sites (tertiary alicyclic amines) is 1.